The maximum absolute atomic E-state index is 12.1. The first-order valence-corrected chi connectivity index (χ1v) is 9.28. The van der Waals surface area contributed by atoms with Gasteiger partial charge in [-0.15, -0.1) is 10.2 Å². The number of hydrogen-bond donors (Lipinski definition) is 2. The fourth-order valence-corrected chi connectivity index (χ4v) is 3.48. The summed E-state index contributed by atoms with van der Waals surface area (Å²) in [6, 6.07) is 3.37. The van der Waals surface area contributed by atoms with E-state index >= 15 is 0 Å². The SMILES string of the molecule is CC(C)c1nnnn1C1=CC(c2ccc(Cl)nn2)([C@H](C)CO)CC(C(N)=O)=C1. The number of tetrazole rings is 1. The fraction of sp³-hybridized carbons (Fsp3) is 0.444. The second kappa shape index (κ2) is 7.76. The molecule has 0 spiro atoms. The number of halogens is 1. The van der Waals surface area contributed by atoms with E-state index in [0.717, 1.165) is 0 Å². The molecule has 10 heteroatoms. The normalized spacial score (nSPS) is 20.6. The quantitative estimate of drug-likeness (QED) is 0.745. The van der Waals surface area contributed by atoms with Crippen LogP contribution >= 0.6 is 11.6 Å². The summed E-state index contributed by atoms with van der Waals surface area (Å²) in [5, 5.41) is 30.3. The molecule has 0 aromatic carbocycles. The number of rotatable bonds is 6. The lowest BCUT2D eigenvalue weighted by Gasteiger charge is -2.38. The number of nitrogens with zero attached hydrogens (tertiary/aromatic N) is 6. The zero-order valence-corrected chi connectivity index (χ0v) is 16.6. The van der Waals surface area contributed by atoms with Gasteiger partial charge in [-0.1, -0.05) is 32.4 Å². The zero-order valence-electron chi connectivity index (χ0n) is 15.9. The van der Waals surface area contributed by atoms with E-state index < -0.39 is 11.3 Å². The van der Waals surface area contributed by atoms with E-state index in [4.69, 9.17) is 17.3 Å². The van der Waals surface area contributed by atoms with Gasteiger partial charge < -0.3 is 10.8 Å². The van der Waals surface area contributed by atoms with Crippen LogP contribution in [0.3, 0.4) is 0 Å². The molecule has 1 aliphatic carbocycles. The summed E-state index contributed by atoms with van der Waals surface area (Å²) in [6.07, 6.45) is 3.86. The van der Waals surface area contributed by atoms with Crippen LogP contribution in [-0.2, 0) is 10.2 Å². The Bertz CT molecular complexity index is 936. The molecule has 3 N–H and O–H groups in total. The van der Waals surface area contributed by atoms with Crippen molar-refractivity contribution in [2.75, 3.05) is 6.61 Å². The molecule has 1 aliphatic rings. The lowest BCUT2D eigenvalue weighted by atomic mass is 9.67. The molecule has 2 atom stereocenters. The first kappa shape index (κ1) is 20.1. The molecule has 28 heavy (non-hydrogen) atoms. The Morgan fingerprint density at radius 2 is 2.07 bits per heavy atom. The van der Waals surface area contributed by atoms with Gasteiger partial charge >= 0.3 is 0 Å². The minimum absolute atomic E-state index is 0.0586. The third kappa shape index (κ3) is 3.55. The summed E-state index contributed by atoms with van der Waals surface area (Å²) in [5.41, 5.74) is 6.35. The van der Waals surface area contributed by atoms with Gasteiger partial charge in [0.2, 0.25) is 5.91 Å². The van der Waals surface area contributed by atoms with E-state index in [1.807, 2.05) is 26.8 Å². The van der Waals surface area contributed by atoms with Gasteiger partial charge in [-0.3, -0.25) is 4.79 Å². The largest absolute Gasteiger partial charge is 0.396 e. The van der Waals surface area contributed by atoms with Crippen LogP contribution < -0.4 is 5.73 Å². The molecular formula is C18H22ClN7O2. The first-order valence-electron chi connectivity index (χ1n) is 8.91. The van der Waals surface area contributed by atoms with E-state index in [1.54, 1.807) is 22.9 Å². The topological polar surface area (TPSA) is 133 Å². The standard InChI is InChI=1S/C18H22ClN7O2/c1-10(2)17-23-24-25-26(17)13-6-12(16(20)28)7-18(8-13,11(3)9-27)14-4-5-15(19)22-21-14/h4-6,8,10-11,27H,7,9H2,1-3H3,(H2,20,28)/t11-,18?/m1/s1. The van der Waals surface area contributed by atoms with Crippen molar-refractivity contribution in [3.05, 3.63) is 46.5 Å². The Kier molecular flexibility index (Phi) is 5.57. The van der Waals surface area contributed by atoms with E-state index in [-0.39, 0.29) is 30.0 Å². The van der Waals surface area contributed by atoms with Crippen molar-refractivity contribution in [2.45, 2.75) is 38.5 Å². The number of carbonyl (C=O) groups is 1. The fourth-order valence-electron chi connectivity index (χ4n) is 3.38. The van der Waals surface area contributed by atoms with Gasteiger partial charge in [0.15, 0.2) is 11.0 Å². The summed E-state index contributed by atoms with van der Waals surface area (Å²) in [6.45, 7) is 5.68. The van der Waals surface area contributed by atoms with Crippen molar-refractivity contribution in [3.63, 3.8) is 0 Å². The van der Waals surface area contributed by atoms with Crippen molar-refractivity contribution >= 4 is 23.2 Å². The van der Waals surface area contributed by atoms with E-state index in [2.05, 4.69) is 25.7 Å². The number of nitrogens with two attached hydrogens (primary N) is 1. The monoisotopic (exact) mass is 403 g/mol. The van der Waals surface area contributed by atoms with Crippen LogP contribution in [-0.4, -0.2) is 48.0 Å². The van der Waals surface area contributed by atoms with E-state index in [9.17, 15) is 9.90 Å². The maximum Gasteiger partial charge on any atom is 0.244 e. The summed E-state index contributed by atoms with van der Waals surface area (Å²) in [4.78, 5) is 12.1. The molecule has 3 rings (SSSR count). The first-order chi connectivity index (χ1) is 13.3. The van der Waals surface area contributed by atoms with Crippen molar-refractivity contribution in [1.82, 2.24) is 30.4 Å². The second-order valence-electron chi connectivity index (χ2n) is 7.25. The summed E-state index contributed by atoms with van der Waals surface area (Å²) in [5.74, 6) is -0.148. The summed E-state index contributed by atoms with van der Waals surface area (Å²) >= 11 is 5.90. The van der Waals surface area contributed by atoms with E-state index in [1.165, 1.54) is 0 Å². The molecule has 2 aromatic heterocycles. The van der Waals surface area contributed by atoms with Crippen LogP contribution in [0.1, 0.15) is 44.6 Å². The van der Waals surface area contributed by atoms with Gasteiger partial charge in [0, 0.05) is 23.5 Å². The van der Waals surface area contributed by atoms with Crippen LogP contribution in [0.4, 0.5) is 0 Å². The van der Waals surface area contributed by atoms with Crippen LogP contribution in [0.25, 0.3) is 5.70 Å². The predicted molar refractivity (Wildman–Crippen MR) is 103 cm³/mol. The molecule has 0 saturated heterocycles. The number of primary amides is 1. The minimum Gasteiger partial charge on any atom is -0.396 e. The smallest absolute Gasteiger partial charge is 0.244 e. The lowest BCUT2D eigenvalue weighted by Crippen LogP contribution is -2.39. The molecule has 2 heterocycles. The molecule has 0 bridgehead atoms. The zero-order chi connectivity index (χ0) is 20.5. The molecule has 1 amide bonds. The van der Waals surface area contributed by atoms with Crippen molar-refractivity contribution in [1.29, 1.82) is 0 Å². The Labute approximate surface area is 167 Å². The Morgan fingerprint density at radius 1 is 1.32 bits per heavy atom. The molecule has 0 fully saturated rings. The average Bonchev–Trinajstić information content (AvgIpc) is 3.17. The van der Waals surface area contributed by atoms with Crippen molar-refractivity contribution in [3.8, 4) is 0 Å². The number of aromatic nitrogens is 6. The molecule has 1 unspecified atom stereocenters. The number of amides is 1. The highest BCUT2D eigenvalue weighted by Gasteiger charge is 2.42. The Balaban J connectivity index is 2.25. The minimum atomic E-state index is -0.832. The number of allylic oxidation sites excluding steroid dienone is 3. The van der Waals surface area contributed by atoms with Crippen LogP contribution in [0.5, 0.6) is 0 Å². The van der Waals surface area contributed by atoms with Crippen LogP contribution in [0, 0.1) is 5.92 Å². The number of aliphatic hydroxyl groups excluding tert-OH is 1. The summed E-state index contributed by atoms with van der Waals surface area (Å²) in [7, 11) is 0. The van der Waals surface area contributed by atoms with Gasteiger partial charge in [-0.25, -0.2) is 0 Å². The molecule has 148 valence electrons. The highest BCUT2D eigenvalue weighted by Crippen LogP contribution is 2.43. The van der Waals surface area contributed by atoms with E-state index in [0.29, 0.717) is 22.8 Å². The highest BCUT2D eigenvalue weighted by atomic mass is 35.5. The second-order valence-corrected chi connectivity index (χ2v) is 7.64. The Hall–Kier alpha value is -2.65. The highest BCUT2D eigenvalue weighted by molar-refractivity contribution is 6.29. The number of hydrogen-bond acceptors (Lipinski definition) is 7. The van der Waals surface area contributed by atoms with Crippen molar-refractivity contribution in [2.24, 2.45) is 11.7 Å². The van der Waals surface area contributed by atoms with Gasteiger partial charge in [-0.2, -0.15) is 9.78 Å². The lowest BCUT2D eigenvalue weighted by molar-refractivity contribution is -0.114. The number of carbonyl (C=O) groups excluding carboxylic acids is 1. The molecule has 0 saturated carbocycles. The van der Waals surface area contributed by atoms with Crippen LogP contribution in [0.15, 0.2) is 29.9 Å². The molecule has 0 radical (unpaired) electrons. The van der Waals surface area contributed by atoms with Gasteiger partial charge in [-0.05, 0) is 47.1 Å². The third-order valence-corrected chi connectivity index (χ3v) is 5.25. The third-order valence-electron chi connectivity index (χ3n) is 5.04. The molecular weight excluding hydrogens is 382 g/mol. The molecule has 0 aliphatic heterocycles. The molecule has 9 nitrogen and oxygen atoms in total. The van der Waals surface area contributed by atoms with Crippen LogP contribution in [0.2, 0.25) is 5.15 Å². The maximum atomic E-state index is 12.1. The van der Waals surface area contributed by atoms with Crippen molar-refractivity contribution < 1.29 is 9.90 Å². The Morgan fingerprint density at radius 3 is 2.64 bits per heavy atom. The van der Waals surface area contributed by atoms with Gasteiger partial charge in [0.1, 0.15) is 0 Å². The predicted octanol–water partition coefficient (Wildman–Crippen LogP) is 1.46. The van der Waals surface area contributed by atoms with Gasteiger partial charge in [0.25, 0.3) is 0 Å². The summed E-state index contributed by atoms with van der Waals surface area (Å²) < 4.78 is 1.58. The average molecular weight is 404 g/mol. The van der Waals surface area contributed by atoms with Gasteiger partial charge in [0.05, 0.1) is 11.4 Å². The molecule has 2 aromatic rings. The number of aliphatic hydroxyl groups is 1.